The van der Waals surface area contributed by atoms with E-state index in [0.717, 1.165) is 42.7 Å². The molecule has 2 atom stereocenters. The molecule has 1 saturated carbocycles. The Hall–Kier alpha value is -0.930. The van der Waals surface area contributed by atoms with Crippen LogP contribution in [0.5, 0.6) is 5.75 Å². The van der Waals surface area contributed by atoms with Gasteiger partial charge in [-0.1, -0.05) is 24.4 Å². The maximum Gasteiger partial charge on any atom is 0.143 e. The predicted molar refractivity (Wildman–Crippen MR) is 74.6 cm³/mol. The fourth-order valence-electron chi connectivity index (χ4n) is 2.42. The van der Waals surface area contributed by atoms with Crippen LogP contribution < -0.4 is 10.1 Å². The molecular formula is C14H20ClNO2. The molecule has 2 unspecified atom stereocenters. The number of aliphatic hydroxyl groups is 1. The molecule has 4 heteroatoms. The van der Waals surface area contributed by atoms with Crippen LogP contribution in [0, 0.1) is 6.92 Å². The zero-order valence-corrected chi connectivity index (χ0v) is 11.6. The van der Waals surface area contributed by atoms with E-state index in [2.05, 4.69) is 5.32 Å². The topological polar surface area (TPSA) is 41.5 Å². The highest BCUT2D eigenvalue weighted by atomic mass is 35.5. The van der Waals surface area contributed by atoms with Crippen molar-refractivity contribution in [3.8, 4) is 5.75 Å². The van der Waals surface area contributed by atoms with E-state index < -0.39 is 0 Å². The second-order valence-corrected chi connectivity index (χ2v) is 5.31. The lowest BCUT2D eigenvalue weighted by molar-refractivity contribution is 0.116. The molecule has 0 aliphatic heterocycles. The van der Waals surface area contributed by atoms with E-state index in [1.54, 1.807) is 7.11 Å². The molecule has 1 aliphatic carbocycles. The zero-order valence-electron chi connectivity index (χ0n) is 10.9. The van der Waals surface area contributed by atoms with Crippen molar-refractivity contribution in [1.82, 2.24) is 0 Å². The summed E-state index contributed by atoms with van der Waals surface area (Å²) in [6.07, 6.45) is 3.85. The first-order chi connectivity index (χ1) is 8.61. The summed E-state index contributed by atoms with van der Waals surface area (Å²) in [4.78, 5) is 0. The van der Waals surface area contributed by atoms with Gasteiger partial charge in [-0.25, -0.2) is 0 Å². The van der Waals surface area contributed by atoms with Crippen LogP contribution in [0.15, 0.2) is 12.1 Å². The fourth-order valence-corrected chi connectivity index (χ4v) is 2.58. The Morgan fingerprint density at radius 3 is 2.72 bits per heavy atom. The van der Waals surface area contributed by atoms with Crippen molar-refractivity contribution < 1.29 is 9.84 Å². The Labute approximate surface area is 113 Å². The lowest BCUT2D eigenvalue weighted by atomic mass is 9.92. The molecule has 1 aliphatic rings. The number of methoxy groups -OCH3 is 1. The minimum atomic E-state index is -0.278. The van der Waals surface area contributed by atoms with E-state index in [1.165, 1.54) is 0 Å². The molecular weight excluding hydrogens is 250 g/mol. The molecule has 2 N–H and O–H groups in total. The smallest absolute Gasteiger partial charge is 0.143 e. The van der Waals surface area contributed by atoms with Gasteiger partial charge in [-0.05, 0) is 31.4 Å². The van der Waals surface area contributed by atoms with E-state index in [9.17, 15) is 5.11 Å². The number of anilines is 1. The van der Waals surface area contributed by atoms with E-state index in [1.807, 2.05) is 19.1 Å². The third-order valence-corrected chi connectivity index (χ3v) is 3.96. The summed E-state index contributed by atoms with van der Waals surface area (Å²) >= 11 is 6.08. The summed E-state index contributed by atoms with van der Waals surface area (Å²) in [5.41, 5.74) is 1.91. The standard InChI is InChI=1S/C14H20ClNO2/c1-9-7-12(14(18-2)8-10(9)15)16-11-5-3-4-6-13(11)17/h7-8,11,13,16-17H,3-6H2,1-2H3. The van der Waals surface area contributed by atoms with Gasteiger partial charge < -0.3 is 15.2 Å². The highest BCUT2D eigenvalue weighted by Gasteiger charge is 2.23. The number of aliphatic hydroxyl groups excluding tert-OH is 1. The predicted octanol–water partition coefficient (Wildman–Crippen LogP) is 3.37. The van der Waals surface area contributed by atoms with Gasteiger partial charge in [0.15, 0.2) is 0 Å². The molecule has 0 saturated heterocycles. The highest BCUT2D eigenvalue weighted by Crippen LogP contribution is 2.33. The fraction of sp³-hybridized carbons (Fsp3) is 0.571. The van der Waals surface area contributed by atoms with Gasteiger partial charge in [0.25, 0.3) is 0 Å². The van der Waals surface area contributed by atoms with Crippen molar-refractivity contribution in [3.05, 3.63) is 22.7 Å². The monoisotopic (exact) mass is 269 g/mol. The summed E-state index contributed by atoms with van der Waals surface area (Å²) in [5.74, 6) is 0.725. The second-order valence-electron chi connectivity index (χ2n) is 4.90. The summed E-state index contributed by atoms with van der Waals surface area (Å²) in [6.45, 7) is 1.96. The SMILES string of the molecule is COc1cc(Cl)c(C)cc1NC1CCCCC1O. The highest BCUT2D eigenvalue weighted by molar-refractivity contribution is 6.31. The van der Waals surface area contributed by atoms with Crippen LogP contribution in [0.3, 0.4) is 0 Å². The summed E-state index contributed by atoms with van der Waals surface area (Å²) in [7, 11) is 1.63. The lowest BCUT2D eigenvalue weighted by Gasteiger charge is -2.30. The van der Waals surface area contributed by atoms with Crippen LogP contribution in [0.25, 0.3) is 0 Å². The Morgan fingerprint density at radius 2 is 2.06 bits per heavy atom. The van der Waals surface area contributed by atoms with Gasteiger partial charge in [-0.15, -0.1) is 0 Å². The maximum absolute atomic E-state index is 9.99. The molecule has 0 heterocycles. The molecule has 3 nitrogen and oxygen atoms in total. The second kappa shape index (κ2) is 5.81. The molecule has 0 aromatic heterocycles. The van der Waals surface area contributed by atoms with Crippen molar-refractivity contribution in [2.45, 2.75) is 44.8 Å². The quantitative estimate of drug-likeness (QED) is 0.884. The van der Waals surface area contributed by atoms with Gasteiger partial charge >= 0.3 is 0 Å². The summed E-state index contributed by atoms with van der Waals surface area (Å²) < 4.78 is 5.33. The molecule has 0 radical (unpaired) electrons. The van der Waals surface area contributed by atoms with Crippen LogP contribution in [0.2, 0.25) is 5.02 Å². The number of hydrogen-bond acceptors (Lipinski definition) is 3. The average Bonchev–Trinajstić information content (AvgIpc) is 2.36. The van der Waals surface area contributed by atoms with Crippen molar-refractivity contribution in [2.75, 3.05) is 12.4 Å². The largest absolute Gasteiger partial charge is 0.495 e. The van der Waals surface area contributed by atoms with Crippen LogP contribution in [-0.2, 0) is 0 Å². The van der Waals surface area contributed by atoms with Gasteiger partial charge in [0.05, 0.1) is 24.9 Å². The molecule has 0 bridgehead atoms. The third-order valence-electron chi connectivity index (χ3n) is 3.55. The summed E-state index contributed by atoms with van der Waals surface area (Å²) in [5, 5.41) is 14.1. The number of aryl methyl sites for hydroxylation is 1. The van der Waals surface area contributed by atoms with Crippen molar-refractivity contribution >= 4 is 17.3 Å². The molecule has 2 rings (SSSR count). The van der Waals surface area contributed by atoms with Crippen LogP contribution in [-0.4, -0.2) is 24.4 Å². The van der Waals surface area contributed by atoms with Crippen molar-refractivity contribution in [3.63, 3.8) is 0 Å². The number of hydrogen-bond donors (Lipinski definition) is 2. The normalized spacial score (nSPS) is 23.8. The number of nitrogens with one attached hydrogen (secondary N) is 1. The molecule has 100 valence electrons. The minimum Gasteiger partial charge on any atom is -0.495 e. The molecule has 0 spiro atoms. The van der Waals surface area contributed by atoms with Crippen LogP contribution in [0.1, 0.15) is 31.2 Å². The maximum atomic E-state index is 9.99. The average molecular weight is 270 g/mol. The molecule has 1 aromatic carbocycles. The van der Waals surface area contributed by atoms with E-state index in [0.29, 0.717) is 5.02 Å². The number of rotatable bonds is 3. The first kappa shape index (κ1) is 13.5. The summed E-state index contributed by atoms with van der Waals surface area (Å²) in [6, 6.07) is 3.89. The van der Waals surface area contributed by atoms with E-state index in [4.69, 9.17) is 16.3 Å². The number of halogens is 1. The Morgan fingerprint density at radius 1 is 1.33 bits per heavy atom. The first-order valence-electron chi connectivity index (χ1n) is 6.40. The Bertz CT molecular complexity index is 423. The van der Waals surface area contributed by atoms with Gasteiger partial charge in [-0.2, -0.15) is 0 Å². The first-order valence-corrected chi connectivity index (χ1v) is 6.78. The molecule has 0 amide bonds. The molecule has 18 heavy (non-hydrogen) atoms. The van der Waals surface area contributed by atoms with Crippen LogP contribution >= 0.6 is 11.6 Å². The van der Waals surface area contributed by atoms with Gasteiger partial charge in [0.1, 0.15) is 5.75 Å². The molecule has 1 fully saturated rings. The van der Waals surface area contributed by atoms with Gasteiger partial charge in [0, 0.05) is 11.1 Å². The van der Waals surface area contributed by atoms with E-state index >= 15 is 0 Å². The minimum absolute atomic E-state index is 0.105. The zero-order chi connectivity index (χ0) is 13.1. The van der Waals surface area contributed by atoms with Gasteiger partial charge in [0.2, 0.25) is 0 Å². The van der Waals surface area contributed by atoms with E-state index in [-0.39, 0.29) is 12.1 Å². The Balaban J connectivity index is 2.19. The van der Waals surface area contributed by atoms with Crippen LogP contribution in [0.4, 0.5) is 5.69 Å². The third kappa shape index (κ3) is 2.90. The van der Waals surface area contributed by atoms with Crippen molar-refractivity contribution in [1.29, 1.82) is 0 Å². The number of benzene rings is 1. The van der Waals surface area contributed by atoms with Gasteiger partial charge in [-0.3, -0.25) is 0 Å². The Kier molecular flexibility index (Phi) is 4.36. The lowest BCUT2D eigenvalue weighted by Crippen LogP contribution is -2.36. The molecule has 1 aromatic rings. The number of ether oxygens (including phenoxy) is 1. The van der Waals surface area contributed by atoms with Crippen molar-refractivity contribution in [2.24, 2.45) is 0 Å².